The Morgan fingerprint density at radius 3 is 2.33 bits per heavy atom. The molecule has 0 N–H and O–H groups in total. The van der Waals surface area contributed by atoms with Gasteiger partial charge in [-0.3, -0.25) is 4.79 Å². The van der Waals surface area contributed by atoms with Crippen LogP contribution >= 0.6 is 0 Å². The predicted molar refractivity (Wildman–Crippen MR) is 85.0 cm³/mol. The lowest BCUT2D eigenvalue weighted by atomic mass is 9.87. The molecule has 0 bridgehead atoms. The lowest BCUT2D eigenvalue weighted by Crippen LogP contribution is -2.25. The molecular weight excluding hydrogens is 264 g/mol. The maximum atomic E-state index is 12.3. The minimum Gasteiger partial charge on any atom is -0.458 e. The first-order chi connectivity index (χ1) is 10.1. The van der Waals surface area contributed by atoms with Gasteiger partial charge in [0.2, 0.25) is 0 Å². The number of esters is 1. The molecule has 1 saturated heterocycles. The lowest BCUT2D eigenvalue weighted by Gasteiger charge is -2.16. The lowest BCUT2D eigenvalue weighted by molar-refractivity contribution is -0.139. The first-order valence-electron chi connectivity index (χ1n) is 8.54. The largest absolute Gasteiger partial charge is 0.458 e. The van der Waals surface area contributed by atoms with Crippen molar-refractivity contribution in [3.8, 4) is 0 Å². The predicted octanol–water partition coefficient (Wildman–Crippen LogP) is 4.59. The second kappa shape index (κ2) is 9.75. The Morgan fingerprint density at radius 2 is 1.67 bits per heavy atom. The molecule has 0 aromatic rings. The van der Waals surface area contributed by atoms with Crippen LogP contribution in [0.5, 0.6) is 0 Å². The minimum absolute atomic E-state index is 0.128. The van der Waals surface area contributed by atoms with Gasteiger partial charge in [0.05, 0.1) is 5.92 Å². The van der Waals surface area contributed by atoms with Gasteiger partial charge in [0.15, 0.2) is 0 Å². The summed E-state index contributed by atoms with van der Waals surface area (Å²) in [5.74, 6) is -0.635. The third kappa shape index (κ3) is 5.64. The fourth-order valence-corrected chi connectivity index (χ4v) is 2.89. The summed E-state index contributed by atoms with van der Waals surface area (Å²) in [5.41, 5.74) is 0.368. The fraction of sp³-hybridized carbons (Fsp3) is 0.778. The number of cyclic esters (lactones) is 1. The third-order valence-corrected chi connectivity index (χ3v) is 4.23. The molecule has 1 heterocycles. The van der Waals surface area contributed by atoms with E-state index in [9.17, 15) is 9.59 Å². The molecule has 0 unspecified atom stereocenters. The van der Waals surface area contributed by atoms with E-state index in [4.69, 9.17) is 4.74 Å². The first-order valence-corrected chi connectivity index (χ1v) is 8.54. The normalized spacial score (nSPS) is 21.6. The zero-order chi connectivity index (χ0) is 15.7. The molecule has 0 radical (unpaired) electrons. The molecule has 1 aliphatic rings. The average molecular weight is 294 g/mol. The van der Waals surface area contributed by atoms with Gasteiger partial charge < -0.3 is 4.74 Å². The SMILES string of the molecule is C=C1C(=O)O[C@@H](CCCCCCCC)[C@@H]1C(=O)CCCC. The number of carbonyl (C=O) groups excluding carboxylic acids is 2. The zero-order valence-corrected chi connectivity index (χ0v) is 13.7. The van der Waals surface area contributed by atoms with Crippen molar-refractivity contribution in [3.63, 3.8) is 0 Å². The van der Waals surface area contributed by atoms with E-state index in [0.29, 0.717) is 12.0 Å². The van der Waals surface area contributed by atoms with Crippen LogP contribution in [0, 0.1) is 5.92 Å². The summed E-state index contributed by atoms with van der Waals surface area (Å²) < 4.78 is 5.36. The standard InChI is InChI=1S/C18H30O3/c1-4-6-8-9-10-11-13-16-17(14(3)18(20)21-16)15(19)12-7-5-2/h16-17H,3-13H2,1-2H3/t16-,17-/m0/s1. The summed E-state index contributed by atoms with van der Waals surface area (Å²) in [4.78, 5) is 23.9. The number of carbonyl (C=O) groups is 2. The molecule has 1 aliphatic heterocycles. The molecule has 2 atom stereocenters. The highest BCUT2D eigenvalue weighted by Gasteiger charge is 2.41. The van der Waals surface area contributed by atoms with Crippen molar-refractivity contribution < 1.29 is 14.3 Å². The molecule has 0 spiro atoms. The maximum Gasteiger partial charge on any atom is 0.334 e. The molecule has 21 heavy (non-hydrogen) atoms. The van der Waals surface area contributed by atoms with Crippen LogP contribution in [0.3, 0.4) is 0 Å². The van der Waals surface area contributed by atoms with E-state index >= 15 is 0 Å². The molecule has 0 amide bonds. The molecule has 120 valence electrons. The molecule has 0 aliphatic carbocycles. The molecular formula is C18H30O3. The van der Waals surface area contributed by atoms with Crippen molar-refractivity contribution in [3.05, 3.63) is 12.2 Å². The highest BCUT2D eigenvalue weighted by molar-refractivity contribution is 6.00. The number of Topliss-reactive ketones (excluding diaryl/α,β-unsaturated/α-hetero) is 1. The van der Waals surface area contributed by atoms with E-state index in [1.54, 1.807) is 0 Å². The zero-order valence-electron chi connectivity index (χ0n) is 13.7. The Hall–Kier alpha value is -1.12. The molecule has 3 nitrogen and oxygen atoms in total. The van der Waals surface area contributed by atoms with Crippen LogP contribution in [-0.2, 0) is 14.3 Å². The van der Waals surface area contributed by atoms with Crippen LogP contribution < -0.4 is 0 Å². The van der Waals surface area contributed by atoms with Gasteiger partial charge in [-0.05, 0) is 19.3 Å². The number of hydrogen-bond acceptors (Lipinski definition) is 3. The molecule has 3 heteroatoms. The topological polar surface area (TPSA) is 43.4 Å². The van der Waals surface area contributed by atoms with Crippen molar-refractivity contribution in [2.24, 2.45) is 5.92 Å². The molecule has 0 aromatic heterocycles. The summed E-state index contributed by atoms with van der Waals surface area (Å²) in [7, 11) is 0. The fourth-order valence-electron chi connectivity index (χ4n) is 2.89. The van der Waals surface area contributed by atoms with Crippen LogP contribution in [-0.4, -0.2) is 17.9 Å². The maximum absolute atomic E-state index is 12.3. The van der Waals surface area contributed by atoms with Gasteiger partial charge >= 0.3 is 5.97 Å². The molecule has 1 rings (SSSR count). The smallest absolute Gasteiger partial charge is 0.334 e. The van der Waals surface area contributed by atoms with Crippen LogP contribution in [0.25, 0.3) is 0 Å². The second-order valence-electron chi connectivity index (χ2n) is 6.07. The van der Waals surface area contributed by atoms with Gasteiger partial charge in [0.25, 0.3) is 0 Å². The minimum atomic E-state index is -0.389. The Morgan fingerprint density at radius 1 is 1.05 bits per heavy atom. The van der Waals surface area contributed by atoms with Gasteiger partial charge in [-0.1, -0.05) is 59.0 Å². The second-order valence-corrected chi connectivity index (χ2v) is 6.07. The summed E-state index contributed by atoms with van der Waals surface area (Å²) in [6, 6.07) is 0. The molecule has 0 aromatic carbocycles. The highest BCUT2D eigenvalue weighted by atomic mass is 16.6. The van der Waals surface area contributed by atoms with Crippen molar-refractivity contribution in [2.45, 2.75) is 84.2 Å². The van der Waals surface area contributed by atoms with Crippen LogP contribution in [0.15, 0.2) is 12.2 Å². The quantitative estimate of drug-likeness (QED) is 0.318. The number of hydrogen-bond donors (Lipinski definition) is 0. The Kier molecular flexibility index (Phi) is 8.33. The van der Waals surface area contributed by atoms with E-state index < -0.39 is 0 Å². The first kappa shape index (κ1) is 17.9. The summed E-state index contributed by atoms with van der Waals surface area (Å²) in [5, 5.41) is 0. The highest BCUT2D eigenvalue weighted by Crippen LogP contribution is 2.32. The van der Waals surface area contributed by atoms with Gasteiger partial charge in [-0.2, -0.15) is 0 Å². The van der Waals surface area contributed by atoms with E-state index in [2.05, 4.69) is 20.4 Å². The Balaban J connectivity index is 2.41. The van der Waals surface area contributed by atoms with Crippen LogP contribution in [0.4, 0.5) is 0 Å². The van der Waals surface area contributed by atoms with E-state index in [1.807, 2.05) is 0 Å². The van der Waals surface area contributed by atoms with E-state index in [-0.39, 0.29) is 23.8 Å². The number of unbranched alkanes of at least 4 members (excludes halogenated alkanes) is 6. The van der Waals surface area contributed by atoms with Gasteiger partial charge in [0.1, 0.15) is 11.9 Å². The van der Waals surface area contributed by atoms with Gasteiger partial charge in [-0.25, -0.2) is 4.79 Å². The van der Waals surface area contributed by atoms with E-state index in [1.165, 1.54) is 25.7 Å². The number of ketones is 1. The van der Waals surface area contributed by atoms with E-state index in [0.717, 1.165) is 32.1 Å². The van der Waals surface area contributed by atoms with Gasteiger partial charge in [-0.15, -0.1) is 0 Å². The molecule has 1 fully saturated rings. The number of ether oxygens (including phenoxy) is 1. The van der Waals surface area contributed by atoms with Gasteiger partial charge in [0, 0.05) is 12.0 Å². The monoisotopic (exact) mass is 294 g/mol. The van der Waals surface area contributed by atoms with Crippen molar-refractivity contribution in [1.29, 1.82) is 0 Å². The summed E-state index contributed by atoms with van der Waals surface area (Å²) in [6.07, 6.45) is 10.1. The molecule has 0 saturated carbocycles. The van der Waals surface area contributed by atoms with Crippen molar-refractivity contribution >= 4 is 11.8 Å². The van der Waals surface area contributed by atoms with Crippen molar-refractivity contribution in [1.82, 2.24) is 0 Å². The Labute approximate surface area is 129 Å². The Bertz CT molecular complexity index is 359. The van der Waals surface area contributed by atoms with Crippen molar-refractivity contribution in [2.75, 3.05) is 0 Å². The van der Waals surface area contributed by atoms with Crippen LogP contribution in [0.1, 0.15) is 78.1 Å². The average Bonchev–Trinajstić information content (AvgIpc) is 2.75. The summed E-state index contributed by atoms with van der Waals surface area (Å²) >= 11 is 0. The summed E-state index contributed by atoms with van der Waals surface area (Å²) in [6.45, 7) is 8.04. The third-order valence-electron chi connectivity index (χ3n) is 4.23. The number of rotatable bonds is 11. The van der Waals surface area contributed by atoms with Crippen LogP contribution in [0.2, 0.25) is 0 Å².